The van der Waals surface area contributed by atoms with Gasteiger partial charge in [-0.05, 0) is 19.1 Å². The average molecular weight is 533 g/mol. The molecule has 1 aromatic carbocycles. The van der Waals surface area contributed by atoms with E-state index in [1.165, 1.54) is 12.1 Å². The molecule has 0 radical (unpaired) electrons. The van der Waals surface area contributed by atoms with Crippen molar-refractivity contribution in [3.05, 3.63) is 59.4 Å². The molecule has 3 N–H and O–H groups in total. The minimum absolute atomic E-state index is 0. The van der Waals surface area contributed by atoms with Gasteiger partial charge in [-0.1, -0.05) is 12.2 Å². The molecular weight excluding hydrogens is 502 g/mol. The maximum absolute atomic E-state index is 13.5. The Kier molecular flexibility index (Phi) is 8.25. The van der Waals surface area contributed by atoms with Crippen molar-refractivity contribution in [2.75, 3.05) is 68.0 Å². The summed E-state index contributed by atoms with van der Waals surface area (Å²) in [5.41, 5.74) is 8.46. The van der Waals surface area contributed by atoms with Gasteiger partial charge in [0.2, 0.25) is 5.95 Å². The van der Waals surface area contributed by atoms with Gasteiger partial charge in [0.25, 0.3) is 0 Å². The van der Waals surface area contributed by atoms with Crippen LogP contribution in [0.1, 0.15) is 11.3 Å². The van der Waals surface area contributed by atoms with Crippen molar-refractivity contribution in [1.29, 1.82) is 0 Å². The molecule has 2 fully saturated rings. The molecule has 4 heterocycles. The number of piperazine rings is 1. The van der Waals surface area contributed by atoms with Gasteiger partial charge in [-0.15, -0.1) is 12.4 Å². The molecule has 12 heteroatoms. The summed E-state index contributed by atoms with van der Waals surface area (Å²) in [6.07, 6.45) is 5.94. The Labute approximate surface area is 220 Å². The zero-order valence-corrected chi connectivity index (χ0v) is 21.4. The van der Waals surface area contributed by atoms with Crippen LogP contribution < -0.4 is 15.5 Å². The fraction of sp³-hybridized carbons (Fsp3) is 0.400. The molecule has 0 aliphatic carbocycles. The average Bonchev–Trinajstić information content (AvgIpc) is 3.18. The Bertz CT molecular complexity index is 1240. The highest BCUT2D eigenvalue weighted by atomic mass is 35.5. The summed E-state index contributed by atoms with van der Waals surface area (Å²) in [6, 6.07) is 5.51. The number of nitrogens with zero attached hydrogens (tertiary/aromatic N) is 7. The number of aliphatic hydroxyl groups is 1. The predicted molar refractivity (Wildman–Crippen MR) is 142 cm³/mol. The number of nitrogen functional groups attached to an aromatic ring is 1. The SMILES string of the molecule is Cc1c(C=CCN2CCN(c3cc(F)cc(F)c3)CC2)cnn1-c1cc(N2CC(CO)C2)nc(N)n1.Cl. The van der Waals surface area contributed by atoms with Crippen LogP contribution in [0.15, 0.2) is 36.5 Å². The van der Waals surface area contributed by atoms with Gasteiger partial charge in [0, 0.05) is 81.7 Å². The lowest BCUT2D eigenvalue weighted by Crippen LogP contribution is -2.48. The smallest absolute Gasteiger partial charge is 0.224 e. The molecule has 0 unspecified atom stereocenters. The van der Waals surface area contributed by atoms with E-state index in [4.69, 9.17) is 5.73 Å². The van der Waals surface area contributed by atoms with Crippen molar-refractivity contribution in [2.24, 2.45) is 5.92 Å². The van der Waals surface area contributed by atoms with Crippen molar-refractivity contribution in [1.82, 2.24) is 24.6 Å². The van der Waals surface area contributed by atoms with Gasteiger partial charge in [-0.25, -0.2) is 13.5 Å². The predicted octanol–water partition coefficient (Wildman–Crippen LogP) is 2.52. The van der Waals surface area contributed by atoms with E-state index in [-0.39, 0.29) is 30.9 Å². The lowest BCUT2D eigenvalue weighted by Gasteiger charge is -2.39. The Balaban J connectivity index is 0.00000320. The van der Waals surface area contributed by atoms with Crippen molar-refractivity contribution in [2.45, 2.75) is 6.92 Å². The van der Waals surface area contributed by atoms with E-state index in [9.17, 15) is 13.9 Å². The number of benzene rings is 1. The molecular formula is C25H31ClF2N8O. The number of hydrogen-bond donors (Lipinski definition) is 2. The molecule has 0 saturated carbocycles. The standard InChI is InChI=1S/C25H30F2N8O.ClH/c1-17-19(3-2-4-32-5-7-33(8-6-32)22-10-20(26)9-21(27)11-22)13-29-35(17)24-12-23(30-25(28)31-24)34-14-18(15-34)16-36;/h2-3,9-13,18,36H,4-8,14-16H2,1H3,(H2,28,30,31);1H. The first-order valence-electron chi connectivity index (χ1n) is 12.0. The monoisotopic (exact) mass is 532 g/mol. The highest BCUT2D eigenvalue weighted by Gasteiger charge is 2.28. The number of hydrogen-bond acceptors (Lipinski definition) is 8. The molecule has 0 atom stereocenters. The molecule has 2 saturated heterocycles. The largest absolute Gasteiger partial charge is 0.396 e. The van der Waals surface area contributed by atoms with E-state index in [1.54, 1.807) is 10.9 Å². The second-order valence-electron chi connectivity index (χ2n) is 9.31. The van der Waals surface area contributed by atoms with Gasteiger partial charge < -0.3 is 20.6 Å². The van der Waals surface area contributed by atoms with Crippen molar-refractivity contribution in [3.8, 4) is 5.82 Å². The van der Waals surface area contributed by atoms with Gasteiger partial charge in [0.15, 0.2) is 5.82 Å². The molecule has 0 bridgehead atoms. The molecule has 5 rings (SSSR count). The summed E-state index contributed by atoms with van der Waals surface area (Å²) in [5, 5.41) is 13.8. The summed E-state index contributed by atoms with van der Waals surface area (Å²) in [5.74, 6) is 0.676. The Morgan fingerprint density at radius 1 is 1.00 bits per heavy atom. The summed E-state index contributed by atoms with van der Waals surface area (Å²) in [4.78, 5) is 15.1. The Morgan fingerprint density at radius 2 is 1.68 bits per heavy atom. The van der Waals surface area contributed by atoms with Crippen LogP contribution in [0.2, 0.25) is 0 Å². The first-order chi connectivity index (χ1) is 17.4. The van der Waals surface area contributed by atoms with Gasteiger partial charge in [0.05, 0.1) is 11.9 Å². The minimum Gasteiger partial charge on any atom is -0.396 e. The number of rotatable bonds is 7. The second-order valence-corrected chi connectivity index (χ2v) is 9.31. The molecule has 3 aromatic rings. The van der Waals surface area contributed by atoms with E-state index in [2.05, 4.69) is 30.9 Å². The fourth-order valence-corrected chi connectivity index (χ4v) is 4.64. The van der Waals surface area contributed by atoms with Gasteiger partial charge in [0.1, 0.15) is 17.5 Å². The van der Waals surface area contributed by atoms with Crippen LogP contribution in [0.4, 0.5) is 26.2 Å². The topological polar surface area (TPSA) is 99.6 Å². The molecule has 2 aliphatic heterocycles. The van der Waals surface area contributed by atoms with Crippen LogP contribution in [0.25, 0.3) is 11.9 Å². The third-order valence-electron chi connectivity index (χ3n) is 6.77. The number of aromatic nitrogens is 4. The first-order valence-corrected chi connectivity index (χ1v) is 12.0. The van der Waals surface area contributed by atoms with Crippen LogP contribution in [-0.2, 0) is 0 Å². The third-order valence-corrected chi connectivity index (χ3v) is 6.77. The minimum atomic E-state index is -0.553. The van der Waals surface area contributed by atoms with Crippen molar-refractivity contribution < 1.29 is 13.9 Å². The molecule has 198 valence electrons. The van der Waals surface area contributed by atoms with Gasteiger partial charge in [-0.2, -0.15) is 15.1 Å². The summed E-state index contributed by atoms with van der Waals surface area (Å²) in [7, 11) is 0. The van der Waals surface area contributed by atoms with E-state index in [1.807, 2.05) is 24.0 Å². The quantitative estimate of drug-likeness (QED) is 0.479. The van der Waals surface area contributed by atoms with E-state index in [0.717, 1.165) is 55.9 Å². The van der Waals surface area contributed by atoms with Crippen molar-refractivity contribution >= 4 is 35.9 Å². The lowest BCUT2D eigenvalue weighted by molar-refractivity contribution is 0.200. The van der Waals surface area contributed by atoms with Crippen LogP contribution in [0, 0.1) is 24.5 Å². The molecule has 0 amide bonds. The van der Waals surface area contributed by atoms with Crippen LogP contribution in [0.5, 0.6) is 0 Å². The highest BCUT2D eigenvalue weighted by Crippen LogP contribution is 2.25. The number of aliphatic hydroxyl groups excluding tert-OH is 1. The maximum atomic E-state index is 13.5. The zero-order chi connectivity index (χ0) is 25.2. The molecule has 0 spiro atoms. The summed E-state index contributed by atoms with van der Waals surface area (Å²) < 4.78 is 28.8. The first kappa shape index (κ1) is 26.8. The zero-order valence-electron chi connectivity index (χ0n) is 20.6. The van der Waals surface area contributed by atoms with Gasteiger partial charge >= 0.3 is 0 Å². The number of nitrogens with two attached hydrogens (primary N) is 1. The number of anilines is 3. The van der Waals surface area contributed by atoms with Gasteiger partial charge in [-0.3, -0.25) is 4.90 Å². The third kappa shape index (κ3) is 6.00. The molecule has 2 aromatic heterocycles. The van der Waals surface area contributed by atoms with E-state index < -0.39 is 11.6 Å². The molecule has 37 heavy (non-hydrogen) atoms. The molecule has 9 nitrogen and oxygen atoms in total. The Hall–Kier alpha value is -3.28. The summed E-state index contributed by atoms with van der Waals surface area (Å²) in [6.45, 7) is 7.42. The fourth-order valence-electron chi connectivity index (χ4n) is 4.64. The summed E-state index contributed by atoms with van der Waals surface area (Å²) >= 11 is 0. The molecule has 2 aliphatic rings. The van der Waals surface area contributed by atoms with Crippen LogP contribution in [-0.4, -0.2) is 82.2 Å². The van der Waals surface area contributed by atoms with Crippen LogP contribution >= 0.6 is 12.4 Å². The highest BCUT2D eigenvalue weighted by molar-refractivity contribution is 5.85. The normalized spacial score (nSPS) is 16.8. The van der Waals surface area contributed by atoms with E-state index >= 15 is 0 Å². The second kappa shape index (κ2) is 11.4. The van der Waals surface area contributed by atoms with Crippen molar-refractivity contribution in [3.63, 3.8) is 0 Å². The van der Waals surface area contributed by atoms with E-state index in [0.29, 0.717) is 24.6 Å². The van der Waals surface area contributed by atoms with Crippen LogP contribution in [0.3, 0.4) is 0 Å². The number of halogens is 3. The lowest BCUT2D eigenvalue weighted by atomic mass is 10.0. The Morgan fingerprint density at radius 3 is 2.35 bits per heavy atom. The maximum Gasteiger partial charge on any atom is 0.224 e.